The molecule has 1 aliphatic carbocycles. The fourth-order valence-corrected chi connectivity index (χ4v) is 4.60. The molecule has 1 saturated carbocycles. The van der Waals surface area contributed by atoms with E-state index in [1.807, 2.05) is 24.3 Å². The highest BCUT2D eigenvalue weighted by Gasteiger charge is 2.56. The smallest absolute Gasteiger partial charge is 0.153 e. The SMILES string of the molecule is CCS(=O)(=O)[C@@H]1[C@@H](CN)[C@H]1c1ccc(Br)cc1. The van der Waals surface area contributed by atoms with E-state index < -0.39 is 9.84 Å². The molecule has 0 spiro atoms. The summed E-state index contributed by atoms with van der Waals surface area (Å²) in [4.78, 5) is 0. The highest BCUT2D eigenvalue weighted by Crippen LogP contribution is 2.51. The Balaban J connectivity index is 2.26. The molecule has 0 heterocycles. The van der Waals surface area contributed by atoms with Gasteiger partial charge in [0.05, 0.1) is 5.25 Å². The van der Waals surface area contributed by atoms with Gasteiger partial charge in [-0.2, -0.15) is 0 Å². The van der Waals surface area contributed by atoms with Crippen LogP contribution in [-0.2, 0) is 9.84 Å². The largest absolute Gasteiger partial charge is 0.330 e. The fraction of sp³-hybridized carbons (Fsp3) is 0.500. The minimum Gasteiger partial charge on any atom is -0.330 e. The normalized spacial score (nSPS) is 28.1. The van der Waals surface area contributed by atoms with E-state index in [0.717, 1.165) is 10.0 Å². The molecule has 94 valence electrons. The van der Waals surface area contributed by atoms with Crippen molar-refractivity contribution in [3.05, 3.63) is 34.3 Å². The van der Waals surface area contributed by atoms with Gasteiger partial charge in [-0.05, 0) is 30.2 Å². The van der Waals surface area contributed by atoms with Crippen molar-refractivity contribution in [2.75, 3.05) is 12.3 Å². The van der Waals surface area contributed by atoms with Crippen LogP contribution in [0.5, 0.6) is 0 Å². The number of sulfone groups is 1. The summed E-state index contributed by atoms with van der Waals surface area (Å²) in [6.07, 6.45) is 0. The average molecular weight is 318 g/mol. The van der Waals surface area contributed by atoms with Crippen LogP contribution in [-0.4, -0.2) is 26.0 Å². The molecule has 2 rings (SSSR count). The Morgan fingerprint density at radius 3 is 2.35 bits per heavy atom. The van der Waals surface area contributed by atoms with Gasteiger partial charge in [-0.15, -0.1) is 0 Å². The standard InChI is InChI=1S/C12H16BrNO2S/c1-2-17(15,16)12-10(7-14)11(12)8-3-5-9(13)6-4-8/h3-6,10-12H,2,7,14H2,1H3/t10-,11+,12+/m0/s1. The Morgan fingerprint density at radius 1 is 1.29 bits per heavy atom. The van der Waals surface area contributed by atoms with Crippen LogP contribution >= 0.6 is 15.9 Å². The monoisotopic (exact) mass is 317 g/mol. The summed E-state index contributed by atoms with van der Waals surface area (Å²) in [6, 6.07) is 7.83. The number of halogens is 1. The fourth-order valence-electron chi connectivity index (χ4n) is 2.43. The molecule has 0 saturated heterocycles. The van der Waals surface area contributed by atoms with Crippen molar-refractivity contribution in [1.29, 1.82) is 0 Å². The number of rotatable bonds is 4. The summed E-state index contributed by atoms with van der Waals surface area (Å²) in [6.45, 7) is 2.13. The van der Waals surface area contributed by atoms with Crippen LogP contribution in [0.25, 0.3) is 0 Å². The molecule has 3 atom stereocenters. The summed E-state index contributed by atoms with van der Waals surface area (Å²) in [5, 5.41) is -0.279. The molecule has 0 bridgehead atoms. The lowest BCUT2D eigenvalue weighted by atomic mass is 10.1. The second-order valence-electron chi connectivity index (χ2n) is 4.39. The van der Waals surface area contributed by atoms with Crippen molar-refractivity contribution in [1.82, 2.24) is 0 Å². The molecular weight excluding hydrogens is 302 g/mol. The summed E-state index contributed by atoms with van der Waals surface area (Å²) in [5.74, 6) is 0.362. The second-order valence-corrected chi connectivity index (χ2v) is 7.76. The van der Waals surface area contributed by atoms with Crippen molar-refractivity contribution >= 4 is 25.8 Å². The first-order valence-corrected chi connectivity index (χ1v) is 8.19. The van der Waals surface area contributed by atoms with Crippen molar-refractivity contribution in [3.63, 3.8) is 0 Å². The van der Waals surface area contributed by atoms with Gasteiger partial charge in [-0.1, -0.05) is 35.0 Å². The number of nitrogens with two attached hydrogens (primary N) is 1. The van der Waals surface area contributed by atoms with Gasteiger partial charge in [0, 0.05) is 16.1 Å². The molecule has 1 fully saturated rings. The van der Waals surface area contributed by atoms with Crippen LogP contribution in [0, 0.1) is 5.92 Å². The quantitative estimate of drug-likeness (QED) is 0.923. The van der Waals surface area contributed by atoms with Crippen LogP contribution in [0.15, 0.2) is 28.7 Å². The maximum atomic E-state index is 11.9. The maximum absolute atomic E-state index is 11.9. The third-order valence-electron chi connectivity index (χ3n) is 3.44. The molecule has 0 aromatic heterocycles. The van der Waals surface area contributed by atoms with Gasteiger partial charge >= 0.3 is 0 Å². The van der Waals surface area contributed by atoms with Gasteiger partial charge < -0.3 is 5.73 Å². The Kier molecular flexibility index (Phi) is 3.61. The van der Waals surface area contributed by atoms with E-state index in [4.69, 9.17) is 5.73 Å². The zero-order chi connectivity index (χ0) is 12.6. The predicted octanol–water partition coefficient (Wildman–Crippen LogP) is 1.92. The van der Waals surface area contributed by atoms with Gasteiger partial charge in [0.25, 0.3) is 0 Å². The summed E-state index contributed by atoms with van der Waals surface area (Å²) < 4.78 is 24.8. The van der Waals surface area contributed by atoms with Crippen LogP contribution in [0.3, 0.4) is 0 Å². The lowest BCUT2D eigenvalue weighted by Crippen LogP contribution is -2.15. The Bertz CT molecular complexity index is 498. The van der Waals surface area contributed by atoms with E-state index >= 15 is 0 Å². The highest BCUT2D eigenvalue weighted by atomic mass is 79.9. The van der Waals surface area contributed by atoms with Gasteiger partial charge in [0.1, 0.15) is 0 Å². The molecule has 0 amide bonds. The van der Waals surface area contributed by atoms with Gasteiger partial charge in [0.15, 0.2) is 9.84 Å². The number of hydrogen-bond donors (Lipinski definition) is 1. The van der Waals surface area contributed by atoms with E-state index in [-0.39, 0.29) is 22.8 Å². The highest BCUT2D eigenvalue weighted by molar-refractivity contribution is 9.10. The van der Waals surface area contributed by atoms with E-state index in [1.165, 1.54) is 0 Å². The lowest BCUT2D eigenvalue weighted by Gasteiger charge is -2.01. The van der Waals surface area contributed by atoms with Crippen molar-refractivity contribution in [2.24, 2.45) is 11.7 Å². The van der Waals surface area contributed by atoms with Crippen molar-refractivity contribution < 1.29 is 8.42 Å². The minimum atomic E-state index is -2.99. The van der Waals surface area contributed by atoms with E-state index in [9.17, 15) is 8.42 Å². The summed E-state index contributed by atoms with van der Waals surface area (Å²) >= 11 is 3.37. The third-order valence-corrected chi connectivity index (χ3v) is 6.25. The molecule has 0 aliphatic heterocycles. The Labute approximate surface area is 110 Å². The summed E-state index contributed by atoms with van der Waals surface area (Å²) in [5.41, 5.74) is 6.73. The maximum Gasteiger partial charge on any atom is 0.153 e. The first-order chi connectivity index (χ1) is 8.01. The molecule has 1 aliphatic rings. The van der Waals surface area contributed by atoms with Crippen molar-refractivity contribution in [3.8, 4) is 0 Å². The predicted molar refractivity (Wildman–Crippen MR) is 72.7 cm³/mol. The molecule has 1 aromatic carbocycles. The first-order valence-electron chi connectivity index (χ1n) is 5.68. The van der Waals surface area contributed by atoms with Crippen molar-refractivity contribution in [2.45, 2.75) is 18.1 Å². The third kappa shape index (κ3) is 2.41. The van der Waals surface area contributed by atoms with Crippen LogP contribution in [0.4, 0.5) is 0 Å². The van der Waals surface area contributed by atoms with Crippen LogP contribution < -0.4 is 5.73 Å². The lowest BCUT2D eigenvalue weighted by molar-refractivity contribution is 0.593. The second kappa shape index (κ2) is 4.71. The molecule has 5 heteroatoms. The van der Waals surface area contributed by atoms with E-state index in [0.29, 0.717) is 6.54 Å². The molecule has 0 unspecified atom stereocenters. The van der Waals surface area contributed by atoms with Crippen LogP contribution in [0.1, 0.15) is 18.4 Å². The first kappa shape index (κ1) is 13.1. The molecule has 1 aromatic rings. The molecule has 17 heavy (non-hydrogen) atoms. The Hall–Kier alpha value is -0.390. The molecule has 3 nitrogen and oxygen atoms in total. The van der Waals surface area contributed by atoms with Crippen LogP contribution in [0.2, 0.25) is 0 Å². The van der Waals surface area contributed by atoms with E-state index in [2.05, 4.69) is 15.9 Å². The zero-order valence-corrected chi connectivity index (χ0v) is 12.0. The van der Waals surface area contributed by atoms with Gasteiger partial charge in [-0.3, -0.25) is 0 Å². The topological polar surface area (TPSA) is 60.2 Å². The molecule has 2 N–H and O–H groups in total. The minimum absolute atomic E-state index is 0.0815. The number of hydrogen-bond acceptors (Lipinski definition) is 3. The van der Waals surface area contributed by atoms with Gasteiger partial charge in [0.2, 0.25) is 0 Å². The zero-order valence-electron chi connectivity index (χ0n) is 9.64. The van der Waals surface area contributed by atoms with E-state index in [1.54, 1.807) is 6.92 Å². The number of benzene rings is 1. The molecular formula is C12H16BrNO2S. The molecule has 0 radical (unpaired) electrons. The van der Waals surface area contributed by atoms with Gasteiger partial charge in [-0.25, -0.2) is 8.42 Å². The average Bonchev–Trinajstić information content (AvgIpc) is 3.05. The Morgan fingerprint density at radius 2 is 1.88 bits per heavy atom. The summed E-state index contributed by atoms with van der Waals surface area (Å²) in [7, 11) is -2.99.